The number of carbonyl (C=O) groups is 1. The number of hydrogen-bond donors (Lipinski definition) is 0. The van der Waals surface area contributed by atoms with E-state index in [0.717, 1.165) is 23.5 Å². The number of benzene rings is 2. The summed E-state index contributed by atoms with van der Waals surface area (Å²) < 4.78 is 41.5. The van der Waals surface area contributed by atoms with Crippen molar-refractivity contribution in [3.05, 3.63) is 89.5 Å². The van der Waals surface area contributed by atoms with Crippen molar-refractivity contribution in [3.8, 4) is 0 Å². The average Bonchev–Trinajstić information content (AvgIpc) is 3.14. The Balaban J connectivity index is 1.79. The van der Waals surface area contributed by atoms with Crippen molar-refractivity contribution in [1.82, 2.24) is 9.97 Å². The van der Waals surface area contributed by atoms with Gasteiger partial charge in [0.15, 0.2) is 16.8 Å². The Hall–Kier alpha value is -3.26. The molecular formula is C20H12F3N3OS. The van der Waals surface area contributed by atoms with E-state index >= 15 is 0 Å². The van der Waals surface area contributed by atoms with Gasteiger partial charge in [-0.05, 0) is 42.0 Å². The number of anilines is 1. The van der Waals surface area contributed by atoms with Crippen LogP contribution in [0.2, 0.25) is 0 Å². The Kier molecular flexibility index (Phi) is 4.79. The van der Waals surface area contributed by atoms with E-state index in [9.17, 15) is 18.0 Å². The number of aromatic nitrogens is 2. The summed E-state index contributed by atoms with van der Waals surface area (Å²) in [7, 11) is 0. The van der Waals surface area contributed by atoms with Crippen molar-refractivity contribution in [1.29, 1.82) is 0 Å². The molecule has 0 unspecified atom stereocenters. The van der Waals surface area contributed by atoms with Gasteiger partial charge in [-0.15, -0.1) is 0 Å². The predicted octanol–water partition coefficient (Wildman–Crippen LogP) is 4.96. The first-order chi connectivity index (χ1) is 13.5. The van der Waals surface area contributed by atoms with Crippen LogP contribution in [0.3, 0.4) is 0 Å². The number of para-hydroxylation sites is 1. The highest BCUT2D eigenvalue weighted by molar-refractivity contribution is 7.22. The third-order valence-electron chi connectivity index (χ3n) is 4.06. The van der Waals surface area contributed by atoms with E-state index in [-0.39, 0.29) is 22.8 Å². The second-order valence-electron chi connectivity index (χ2n) is 5.96. The summed E-state index contributed by atoms with van der Waals surface area (Å²) >= 11 is 1.13. The molecule has 0 spiro atoms. The molecule has 0 aliphatic carbocycles. The Morgan fingerprint density at radius 2 is 1.86 bits per heavy atom. The van der Waals surface area contributed by atoms with Crippen LogP contribution in [-0.2, 0) is 6.54 Å². The second-order valence-corrected chi connectivity index (χ2v) is 6.97. The number of pyridine rings is 1. The van der Waals surface area contributed by atoms with Crippen molar-refractivity contribution in [2.75, 3.05) is 4.90 Å². The molecular weight excluding hydrogens is 387 g/mol. The predicted molar refractivity (Wildman–Crippen MR) is 101 cm³/mol. The molecule has 2 aromatic carbocycles. The Bertz CT molecular complexity index is 1160. The number of halogens is 3. The van der Waals surface area contributed by atoms with Gasteiger partial charge in [-0.25, -0.2) is 18.2 Å². The van der Waals surface area contributed by atoms with Crippen LogP contribution in [0.25, 0.3) is 10.2 Å². The molecule has 0 saturated heterocycles. The molecule has 140 valence electrons. The van der Waals surface area contributed by atoms with Crippen molar-refractivity contribution >= 4 is 32.6 Å². The van der Waals surface area contributed by atoms with Gasteiger partial charge in [0.1, 0.15) is 11.3 Å². The summed E-state index contributed by atoms with van der Waals surface area (Å²) in [5.74, 6) is -3.25. The highest BCUT2D eigenvalue weighted by atomic mass is 32.1. The van der Waals surface area contributed by atoms with E-state index in [4.69, 9.17) is 0 Å². The van der Waals surface area contributed by atoms with Crippen molar-refractivity contribution < 1.29 is 18.0 Å². The maximum Gasteiger partial charge on any atom is 0.260 e. The molecule has 0 radical (unpaired) electrons. The topological polar surface area (TPSA) is 46.1 Å². The zero-order chi connectivity index (χ0) is 19.7. The fraction of sp³-hybridized carbons (Fsp3) is 0.0500. The molecule has 1 amide bonds. The molecule has 0 atom stereocenters. The Morgan fingerprint density at radius 3 is 2.57 bits per heavy atom. The first-order valence-corrected chi connectivity index (χ1v) is 9.05. The number of amides is 1. The third kappa shape index (κ3) is 3.46. The van der Waals surface area contributed by atoms with E-state index < -0.39 is 23.4 Å². The largest absolute Gasteiger partial charge is 0.279 e. The van der Waals surface area contributed by atoms with Crippen LogP contribution in [0.4, 0.5) is 18.3 Å². The van der Waals surface area contributed by atoms with Crippen LogP contribution in [0.15, 0.2) is 60.9 Å². The molecule has 0 fully saturated rings. The van der Waals surface area contributed by atoms with Gasteiger partial charge in [0, 0.05) is 18.0 Å². The molecule has 0 bridgehead atoms. The molecule has 0 aliphatic rings. The summed E-state index contributed by atoms with van der Waals surface area (Å²) in [5.41, 5.74) is 0.817. The average molecular weight is 399 g/mol. The van der Waals surface area contributed by atoms with Crippen LogP contribution in [0.5, 0.6) is 0 Å². The van der Waals surface area contributed by atoms with E-state index in [0.29, 0.717) is 10.3 Å². The number of fused-ring (bicyclic) bond motifs is 1. The normalized spacial score (nSPS) is 11.0. The lowest BCUT2D eigenvalue weighted by Crippen LogP contribution is -2.30. The minimum Gasteiger partial charge on any atom is -0.279 e. The fourth-order valence-corrected chi connectivity index (χ4v) is 3.68. The Morgan fingerprint density at radius 1 is 1.00 bits per heavy atom. The quantitative estimate of drug-likeness (QED) is 0.488. The van der Waals surface area contributed by atoms with E-state index in [1.54, 1.807) is 36.7 Å². The summed E-state index contributed by atoms with van der Waals surface area (Å²) in [4.78, 5) is 22.6. The lowest BCUT2D eigenvalue weighted by atomic mass is 10.1. The van der Waals surface area contributed by atoms with Crippen LogP contribution in [0, 0.1) is 17.5 Å². The van der Waals surface area contributed by atoms with Crippen LogP contribution >= 0.6 is 11.3 Å². The highest BCUT2D eigenvalue weighted by Gasteiger charge is 2.23. The SMILES string of the molecule is O=C(c1ccc(F)c(F)c1)N(Cc1cccnc1)c1nc2c(F)cccc2s1. The van der Waals surface area contributed by atoms with Crippen molar-refractivity contribution in [3.63, 3.8) is 0 Å². The number of hydrogen-bond acceptors (Lipinski definition) is 4. The van der Waals surface area contributed by atoms with Crippen molar-refractivity contribution in [2.45, 2.75) is 6.54 Å². The molecule has 4 rings (SSSR count). The summed E-state index contributed by atoms with van der Waals surface area (Å²) in [6.45, 7) is 0.0904. The van der Waals surface area contributed by atoms with Gasteiger partial charge in [-0.3, -0.25) is 14.7 Å². The molecule has 28 heavy (non-hydrogen) atoms. The molecule has 8 heteroatoms. The second kappa shape index (κ2) is 7.40. The standard InChI is InChI=1S/C20H12F3N3OS/c21-14-7-6-13(9-16(14)23)19(27)26(11-12-3-2-8-24-10-12)20-25-18-15(22)4-1-5-17(18)28-20/h1-10H,11H2. The fourth-order valence-electron chi connectivity index (χ4n) is 2.70. The summed E-state index contributed by atoms with van der Waals surface area (Å²) in [6.07, 6.45) is 3.18. The minimum atomic E-state index is -1.12. The van der Waals surface area contributed by atoms with Gasteiger partial charge < -0.3 is 0 Å². The summed E-state index contributed by atoms with van der Waals surface area (Å²) in [5, 5.41) is 0.249. The maximum absolute atomic E-state index is 14.1. The van der Waals surface area contributed by atoms with Gasteiger partial charge in [0.05, 0.1) is 11.2 Å². The zero-order valence-electron chi connectivity index (χ0n) is 14.3. The van der Waals surface area contributed by atoms with E-state index in [1.165, 1.54) is 17.0 Å². The number of thiazole rings is 1. The third-order valence-corrected chi connectivity index (χ3v) is 5.11. The van der Waals surface area contributed by atoms with Gasteiger partial charge >= 0.3 is 0 Å². The highest BCUT2D eigenvalue weighted by Crippen LogP contribution is 2.32. The zero-order valence-corrected chi connectivity index (χ0v) is 15.1. The molecule has 4 nitrogen and oxygen atoms in total. The number of carbonyl (C=O) groups excluding carboxylic acids is 1. The molecule has 4 aromatic rings. The monoisotopic (exact) mass is 399 g/mol. The van der Waals surface area contributed by atoms with Gasteiger partial charge in [0.25, 0.3) is 5.91 Å². The first kappa shape index (κ1) is 18.1. The smallest absolute Gasteiger partial charge is 0.260 e. The summed E-state index contributed by atoms with van der Waals surface area (Å²) in [6, 6.07) is 11.0. The lowest BCUT2D eigenvalue weighted by Gasteiger charge is -2.20. The molecule has 2 heterocycles. The minimum absolute atomic E-state index is 0.0393. The van der Waals surface area contributed by atoms with Gasteiger partial charge in [0.2, 0.25) is 0 Å². The van der Waals surface area contributed by atoms with Crippen LogP contribution in [0.1, 0.15) is 15.9 Å². The van der Waals surface area contributed by atoms with E-state index in [2.05, 4.69) is 9.97 Å². The molecule has 2 aromatic heterocycles. The lowest BCUT2D eigenvalue weighted by molar-refractivity contribution is 0.0984. The van der Waals surface area contributed by atoms with Crippen molar-refractivity contribution in [2.24, 2.45) is 0 Å². The molecule has 0 saturated carbocycles. The van der Waals surface area contributed by atoms with Gasteiger partial charge in [-0.2, -0.15) is 0 Å². The maximum atomic E-state index is 14.1. The number of rotatable bonds is 4. The van der Waals surface area contributed by atoms with E-state index in [1.807, 2.05) is 0 Å². The number of nitrogens with zero attached hydrogens (tertiary/aromatic N) is 3. The van der Waals surface area contributed by atoms with Gasteiger partial charge in [-0.1, -0.05) is 23.5 Å². The molecule has 0 aliphatic heterocycles. The first-order valence-electron chi connectivity index (χ1n) is 8.24. The molecule has 0 N–H and O–H groups in total. The van der Waals surface area contributed by atoms with Crippen LogP contribution in [-0.4, -0.2) is 15.9 Å². The Labute approximate surface area is 161 Å². The van der Waals surface area contributed by atoms with Crippen LogP contribution < -0.4 is 4.90 Å².